The van der Waals surface area contributed by atoms with E-state index in [0.29, 0.717) is 17.0 Å². The summed E-state index contributed by atoms with van der Waals surface area (Å²) < 4.78 is 10.2. The first-order chi connectivity index (χ1) is 12.0. The van der Waals surface area contributed by atoms with Crippen molar-refractivity contribution in [2.24, 2.45) is 0 Å². The van der Waals surface area contributed by atoms with Crippen LogP contribution in [0.1, 0.15) is 16.7 Å². The summed E-state index contributed by atoms with van der Waals surface area (Å²) in [4.78, 5) is 23.4. The molecular weight excluding hydrogens is 320 g/mol. The number of rotatable bonds is 6. The second-order valence-electron chi connectivity index (χ2n) is 5.43. The Morgan fingerprint density at radius 1 is 1.04 bits per heavy atom. The van der Waals surface area contributed by atoms with Gasteiger partial charge in [0.2, 0.25) is 0 Å². The Morgan fingerprint density at radius 2 is 1.76 bits per heavy atom. The molecule has 25 heavy (non-hydrogen) atoms. The van der Waals surface area contributed by atoms with Crippen LogP contribution in [0, 0.1) is 25.2 Å². The summed E-state index contributed by atoms with van der Waals surface area (Å²) in [5.41, 5.74) is 3.21. The van der Waals surface area contributed by atoms with Crippen LogP contribution in [0.4, 0.5) is 5.69 Å². The molecule has 0 aliphatic heterocycles. The minimum absolute atomic E-state index is 0.271. The van der Waals surface area contributed by atoms with Crippen molar-refractivity contribution in [2.75, 3.05) is 18.5 Å². The summed E-state index contributed by atoms with van der Waals surface area (Å²) in [6.07, 6.45) is 0. The standard InChI is InChI=1S/C19H18N2O4/c1-13-3-8-17(9-14(13)2)24-12-19(23)25-11-18(22)21-16-6-4-15(10-20)5-7-16/h3-9H,11-12H2,1-2H3,(H,21,22). The van der Waals surface area contributed by atoms with Gasteiger partial charge in [-0.2, -0.15) is 5.26 Å². The molecule has 2 aromatic carbocycles. The van der Waals surface area contributed by atoms with Crippen LogP contribution in [0.3, 0.4) is 0 Å². The average molecular weight is 338 g/mol. The third-order valence-corrected chi connectivity index (χ3v) is 3.50. The molecule has 6 nitrogen and oxygen atoms in total. The van der Waals surface area contributed by atoms with E-state index in [4.69, 9.17) is 14.7 Å². The Hall–Kier alpha value is -3.33. The van der Waals surface area contributed by atoms with Crippen molar-refractivity contribution in [1.82, 2.24) is 0 Å². The van der Waals surface area contributed by atoms with Gasteiger partial charge in [-0.25, -0.2) is 4.79 Å². The molecule has 0 aliphatic rings. The van der Waals surface area contributed by atoms with Gasteiger partial charge < -0.3 is 14.8 Å². The van der Waals surface area contributed by atoms with Gasteiger partial charge in [0, 0.05) is 5.69 Å². The summed E-state index contributed by atoms with van der Waals surface area (Å²) >= 11 is 0. The molecule has 0 heterocycles. The lowest BCUT2D eigenvalue weighted by atomic mass is 10.1. The Labute approximate surface area is 146 Å². The fraction of sp³-hybridized carbons (Fsp3) is 0.211. The van der Waals surface area contributed by atoms with Gasteiger partial charge >= 0.3 is 5.97 Å². The summed E-state index contributed by atoms with van der Waals surface area (Å²) in [5.74, 6) is -0.528. The summed E-state index contributed by atoms with van der Waals surface area (Å²) in [6, 6.07) is 13.9. The number of nitrogens with one attached hydrogen (secondary N) is 1. The largest absolute Gasteiger partial charge is 0.482 e. The lowest BCUT2D eigenvalue weighted by molar-refractivity contribution is -0.149. The normalized spacial score (nSPS) is 9.80. The fourth-order valence-electron chi connectivity index (χ4n) is 1.96. The van der Waals surface area contributed by atoms with Crippen molar-refractivity contribution in [3.8, 4) is 11.8 Å². The van der Waals surface area contributed by atoms with Crippen molar-refractivity contribution in [3.63, 3.8) is 0 Å². The van der Waals surface area contributed by atoms with Gasteiger partial charge in [-0.05, 0) is 61.4 Å². The first-order valence-corrected chi connectivity index (χ1v) is 7.63. The number of anilines is 1. The average Bonchev–Trinajstić information content (AvgIpc) is 2.61. The van der Waals surface area contributed by atoms with Crippen LogP contribution in [0.25, 0.3) is 0 Å². The minimum atomic E-state index is -0.631. The molecule has 0 radical (unpaired) electrons. The quantitative estimate of drug-likeness (QED) is 0.818. The predicted molar refractivity (Wildman–Crippen MR) is 92.2 cm³/mol. The predicted octanol–water partition coefficient (Wildman–Crippen LogP) is 2.74. The molecule has 0 atom stereocenters. The van der Waals surface area contributed by atoms with Gasteiger partial charge in [-0.15, -0.1) is 0 Å². The van der Waals surface area contributed by atoms with Crippen LogP contribution in [-0.2, 0) is 14.3 Å². The van der Waals surface area contributed by atoms with E-state index in [1.165, 1.54) is 0 Å². The van der Waals surface area contributed by atoms with E-state index in [-0.39, 0.29) is 6.61 Å². The van der Waals surface area contributed by atoms with E-state index in [9.17, 15) is 9.59 Å². The molecule has 0 bridgehead atoms. The maximum Gasteiger partial charge on any atom is 0.344 e. The lowest BCUT2D eigenvalue weighted by Crippen LogP contribution is -2.23. The zero-order chi connectivity index (χ0) is 18.2. The maximum atomic E-state index is 11.7. The van der Waals surface area contributed by atoms with Gasteiger partial charge in [0.15, 0.2) is 13.2 Å². The molecule has 0 aromatic heterocycles. The van der Waals surface area contributed by atoms with Crippen LogP contribution in [-0.4, -0.2) is 25.1 Å². The van der Waals surface area contributed by atoms with E-state index in [1.54, 1.807) is 30.3 Å². The molecule has 1 N–H and O–H groups in total. The number of nitriles is 1. The first kappa shape index (κ1) is 18.0. The van der Waals surface area contributed by atoms with Crippen molar-refractivity contribution in [3.05, 3.63) is 59.2 Å². The third-order valence-electron chi connectivity index (χ3n) is 3.50. The number of hydrogen-bond donors (Lipinski definition) is 1. The number of nitrogens with zero attached hydrogens (tertiary/aromatic N) is 1. The van der Waals surface area contributed by atoms with Crippen LogP contribution < -0.4 is 10.1 Å². The molecule has 0 aliphatic carbocycles. The zero-order valence-corrected chi connectivity index (χ0v) is 14.0. The number of esters is 1. The van der Waals surface area contributed by atoms with Crippen molar-refractivity contribution >= 4 is 17.6 Å². The number of amides is 1. The number of carbonyl (C=O) groups is 2. The number of hydrogen-bond acceptors (Lipinski definition) is 5. The Kier molecular flexibility index (Phi) is 6.13. The molecule has 0 saturated heterocycles. The molecule has 2 rings (SSSR count). The van der Waals surface area contributed by atoms with Crippen molar-refractivity contribution in [1.29, 1.82) is 5.26 Å². The number of ether oxygens (including phenoxy) is 2. The molecule has 1 amide bonds. The minimum Gasteiger partial charge on any atom is -0.482 e. The summed E-state index contributed by atoms with van der Waals surface area (Å²) in [6.45, 7) is 3.26. The number of benzene rings is 2. The molecule has 0 spiro atoms. The van der Waals surface area contributed by atoms with E-state index in [1.807, 2.05) is 32.0 Å². The molecular formula is C19H18N2O4. The Morgan fingerprint density at radius 3 is 2.40 bits per heavy atom. The second-order valence-corrected chi connectivity index (χ2v) is 5.43. The van der Waals surface area contributed by atoms with Crippen LogP contribution in [0.5, 0.6) is 5.75 Å². The van der Waals surface area contributed by atoms with Gasteiger partial charge in [-0.1, -0.05) is 6.07 Å². The molecule has 6 heteroatoms. The maximum absolute atomic E-state index is 11.7. The van der Waals surface area contributed by atoms with Crippen LogP contribution in [0.15, 0.2) is 42.5 Å². The van der Waals surface area contributed by atoms with E-state index in [2.05, 4.69) is 5.32 Å². The number of aryl methyl sites for hydroxylation is 2. The van der Waals surface area contributed by atoms with E-state index in [0.717, 1.165) is 11.1 Å². The van der Waals surface area contributed by atoms with Gasteiger partial charge in [0.25, 0.3) is 5.91 Å². The van der Waals surface area contributed by atoms with Gasteiger partial charge in [0.1, 0.15) is 5.75 Å². The second kappa shape index (κ2) is 8.50. The highest BCUT2D eigenvalue weighted by Gasteiger charge is 2.09. The zero-order valence-electron chi connectivity index (χ0n) is 14.0. The highest BCUT2D eigenvalue weighted by atomic mass is 16.6. The fourth-order valence-corrected chi connectivity index (χ4v) is 1.96. The molecule has 0 fully saturated rings. The highest BCUT2D eigenvalue weighted by Crippen LogP contribution is 2.16. The summed E-state index contributed by atoms with van der Waals surface area (Å²) in [5, 5.41) is 11.3. The Bertz CT molecular complexity index is 807. The topological polar surface area (TPSA) is 88.4 Å². The Balaban J connectivity index is 1.74. The number of carbonyl (C=O) groups excluding carboxylic acids is 2. The van der Waals surface area contributed by atoms with E-state index < -0.39 is 18.5 Å². The van der Waals surface area contributed by atoms with Gasteiger partial charge in [-0.3, -0.25) is 4.79 Å². The highest BCUT2D eigenvalue weighted by molar-refractivity contribution is 5.92. The van der Waals surface area contributed by atoms with Crippen LogP contribution in [0.2, 0.25) is 0 Å². The summed E-state index contributed by atoms with van der Waals surface area (Å²) in [7, 11) is 0. The smallest absolute Gasteiger partial charge is 0.344 e. The van der Waals surface area contributed by atoms with Crippen molar-refractivity contribution in [2.45, 2.75) is 13.8 Å². The third kappa shape index (κ3) is 5.66. The van der Waals surface area contributed by atoms with Gasteiger partial charge in [0.05, 0.1) is 11.6 Å². The molecule has 0 saturated carbocycles. The lowest BCUT2D eigenvalue weighted by Gasteiger charge is -2.09. The molecule has 0 unspecified atom stereocenters. The first-order valence-electron chi connectivity index (χ1n) is 7.63. The molecule has 128 valence electrons. The monoisotopic (exact) mass is 338 g/mol. The van der Waals surface area contributed by atoms with Crippen molar-refractivity contribution < 1.29 is 19.1 Å². The SMILES string of the molecule is Cc1ccc(OCC(=O)OCC(=O)Nc2ccc(C#N)cc2)cc1C. The molecule has 2 aromatic rings. The van der Waals surface area contributed by atoms with E-state index >= 15 is 0 Å². The van der Waals surface area contributed by atoms with Crippen LogP contribution >= 0.6 is 0 Å².